The number of hydrogen-bond donors (Lipinski definition) is 2. The first kappa shape index (κ1) is 20.8. The minimum absolute atomic E-state index is 0.0643. The molecule has 2 aliphatic rings. The van der Waals surface area contributed by atoms with E-state index in [0.29, 0.717) is 29.1 Å². The number of carbonyl (C=O) groups excluding carboxylic acids is 3. The zero-order valence-corrected chi connectivity index (χ0v) is 17.6. The van der Waals surface area contributed by atoms with Crippen LogP contribution in [0.2, 0.25) is 0 Å². The van der Waals surface area contributed by atoms with Crippen molar-refractivity contribution in [3.05, 3.63) is 16.0 Å². The molecule has 0 bridgehead atoms. The fourth-order valence-corrected chi connectivity index (χ4v) is 4.89. The molecule has 2 aliphatic carbocycles. The van der Waals surface area contributed by atoms with Gasteiger partial charge in [-0.1, -0.05) is 6.92 Å². The van der Waals surface area contributed by atoms with Crippen LogP contribution in [0.15, 0.2) is 0 Å². The smallest absolute Gasteiger partial charge is 0.341 e. The van der Waals surface area contributed by atoms with Gasteiger partial charge in [-0.25, -0.2) is 4.79 Å². The van der Waals surface area contributed by atoms with Gasteiger partial charge in [0.25, 0.3) is 0 Å². The van der Waals surface area contributed by atoms with Crippen molar-refractivity contribution in [2.24, 2.45) is 5.92 Å². The molecule has 1 fully saturated rings. The predicted octanol–water partition coefficient (Wildman–Crippen LogP) is 2.20. The van der Waals surface area contributed by atoms with Gasteiger partial charge in [-0.15, -0.1) is 11.3 Å². The van der Waals surface area contributed by atoms with Crippen LogP contribution in [0.5, 0.6) is 0 Å². The van der Waals surface area contributed by atoms with E-state index >= 15 is 0 Å². The Morgan fingerprint density at radius 1 is 1.18 bits per heavy atom. The van der Waals surface area contributed by atoms with Crippen LogP contribution in [0.25, 0.3) is 0 Å². The Balaban J connectivity index is 1.65. The van der Waals surface area contributed by atoms with Crippen LogP contribution in [0.3, 0.4) is 0 Å². The van der Waals surface area contributed by atoms with Gasteiger partial charge >= 0.3 is 5.97 Å². The molecule has 0 aliphatic heterocycles. The molecule has 154 valence electrons. The molecule has 1 heterocycles. The molecule has 0 saturated heterocycles. The lowest BCUT2D eigenvalue weighted by Crippen LogP contribution is -2.39. The lowest BCUT2D eigenvalue weighted by atomic mass is 9.88. The average Bonchev–Trinajstić information content (AvgIpc) is 3.33. The topological polar surface area (TPSA) is 87.7 Å². The Kier molecular flexibility index (Phi) is 6.72. The number of nitrogens with one attached hydrogen (secondary N) is 2. The van der Waals surface area contributed by atoms with Gasteiger partial charge in [0.1, 0.15) is 5.00 Å². The highest BCUT2D eigenvalue weighted by atomic mass is 32.1. The summed E-state index contributed by atoms with van der Waals surface area (Å²) in [5, 5.41) is 6.36. The summed E-state index contributed by atoms with van der Waals surface area (Å²) in [5.74, 6) is -0.104. The van der Waals surface area contributed by atoms with Crippen LogP contribution in [0.1, 0.15) is 53.9 Å². The van der Waals surface area contributed by atoms with Crippen molar-refractivity contribution in [2.75, 3.05) is 32.1 Å². The van der Waals surface area contributed by atoms with Crippen LogP contribution in [-0.2, 0) is 27.2 Å². The van der Waals surface area contributed by atoms with Crippen molar-refractivity contribution >= 4 is 34.1 Å². The minimum Gasteiger partial charge on any atom is -0.462 e. The van der Waals surface area contributed by atoms with Crippen molar-refractivity contribution < 1.29 is 19.1 Å². The molecule has 0 aromatic carbocycles. The number of ether oxygens (including phenoxy) is 1. The largest absolute Gasteiger partial charge is 0.462 e. The van der Waals surface area contributed by atoms with Gasteiger partial charge in [-0.3, -0.25) is 14.5 Å². The molecule has 0 unspecified atom stereocenters. The van der Waals surface area contributed by atoms with Crippen LogP contribution in [0.4, 0.5) is 5.00 Å². The summed E-state index contributed by atoms with van der Waals surface area (Å²) in [5.41, 5.74) is 1.53. The van der Waals surface area contributed by atoms with Crippen LogP contribution < -0.4 is 10.6 Å². The number of hydrogen-bond acceptors (Lipinski definition) is 6. The first-order valence-corrected chi connectivity index (χ1v) is 10.8. The number of thiophene rings is 1. The van der Waals surface area contributed by atoms with E-state index in [9.17, 15) is 14.4 Å². The van der Waals surface area contributed by atoms with Gasteiger partial charge in [0, 0.05) is 10.9 Å². The van der Waals surface area contributed by atoms with E-state index in [0.717, 1.165) is 42.5 Å². The molecule has 2 N–H and O–H groups in total. The first-order chi connectivity index (χ1) is 13.4. The molecule has 3 rings (SSSR count). The van der Waals surface area contributed by atoms with Gasteiger partial charge in [0.15, 0.2) is 0 Å². The summed E-state index contributed by atoms with van der Waals surface area (Å²) in [7, 11) is 1.74. The van der Waals surface area contributed by atoms with Gasteiger partial charge in [0.2, 0.25) is 11.8 Å². The van der Waals surface area contributed by atoms with Crippen molar-refractivity contribution in [2.45, 2.75) is 52.0 Å². The zero-order chi connectivity index (χ0) is 20.3. The highest BCUT2D eigenvalue weighted by molar-refractivity contribution is 7.17. The Hall–Kier alpha value is -1.93. The molecule has 0 radical (unpaired) electrons. The van der Waals surface area contributed by atoms with Gasteiger partial charge in [-0.2, -0.15) is 0 Å². The van der Waals surface area contributed by atoms with Gasteiger partial charge in [-0.05, 0) is 57.6 Å². The third-order valence-corrected chi connectivity index (χ3v) is 6.18. The molecule has 8 heteroatoms. The van der Waals surface area contributed by atoms with Gasteiger partial charge in [0.05, 0.1) is 25.3 Å². The second-order valence-corrected chi connectivity index (χ2v) is 8.94. The van der Waals surface area contributed by atoms with E-state index in [1.165, 1.54) is 11.3 Å². The van der Waals surface area contributed by atoms with E-state index in [4.69, 9.17) is 4.74 Å². The molecule has 1 saturated carbocycles. The second kappa shape index (κ2) is 9.05. The van der Waals surface area contributed by atoms with E-state index in [2.05, 4.69) is 17.6 Å². The standard InChI is InChI=1S/C20H29N3O4S/c1-4-27-20(26)18-14-8-5-12(2)9-15(14)28-19(18)22-17(25)11-23(3)10-16(24)21-13-6-7-13/h12-13H,4-11H2,1-3H3,(H,21,24)(H,22,25)/t12-/m0/s1. The van der Waals surface area contributed by atoms with Crippen LogP contribution in [0, 0.1) is 5.92 Å². The zero-order valence-electron chi connectivity index (χ0n) is 16.8. The highest BCUT2D eigenvalue weighted by Crippen LogP contribution is 2.40. The minimum atomic E-state index is -0.373. The SMILES string of the molecule is CCOC(=O)c1c(NC(=O)CN(C)CC(=O)NC2CC2)sc2c1CC[C@H](C)C2. The monoisotopic (exact) mass is 407 g/mol. The number of anilines is 1. The summed E-state index contributed by atoms with van der Waals surface area (Å²) < 4.78 is 5.23. The molecule has 1 aromatic heterocycles. The van der Waals surface area contributed by atoms with Crippen molar-refractivity contribution in [1.29, 1.82) is 0 Å². The Morgan fingerprint density at radius 3 is 2.57 bits per heavy atom. The number of carbonyl (C=O) groups is 3. The molecule has 28 heavy (non-hydrogen) atoms. The third-order valence-electron chi connectivity index (χ3n) is 5.01. The molecule has 0 spiro atoms. The number of rotatable bonds is 8. The Bertz CT molecular complexity index is 757. The molecule has 1 aromatic rings. The summed E-state index contributed by atoms with van der Waals surface area (Å²) in [6.45, 7) is 4.53. The third kappa shape index (κ3) is 5.32. The van der Waals surface area contributed by atoms with E-state index in [-0.39, 0.29) is 30.9 Å². The van der Waals surface area contributed by atoms with Crippen LogP contribution in [-0.4, -0.2) is 55.5 Å². The Labute approximate surface area is 169 Å². The summed E-state index contributed by atoms with van der Waals surface area (Å²) in [4.78, 5) is 39.7. The molecule has 7 nitrogen and oxygen atoms in total. The molecule has 1 atom stereocenters. The number of fused-ring (bicyclic) bond motifs is 1. The molecule has 2 amide bonds. The fourth-order valence-electron chi connectivity index (χ4n) is 3.47. The first-order valence-electron chi connectivity index (χ1n) is 9.96. The number of amides is 2. The maximum Gasteiger partial charge on any atom is 0.341 e. The van der Waals surface area contributed by atoms with Gasteiger partial charge < -0.3 is 15.4 Å². The average molecular weight is 408 g/mol. The maximum atomic E-state index is 12.5. The lowest BCUT2D eigenvalue weighted by Gasteiger charge is -2.18. The second-order valence-electron chi connectivity index (χ2n) is 7.84. The fraction of sp³-hybridized carbons (Fsp3) is 0.650. The summed E-state index contributed by atoms with van der Waals surface area (Å²) >= 11 is 1.48. The normalized spacial score (nSPS) is 18.5. The lowest BCUT2D eigenvalue weighted by molar-refractivity contribution is -0.123. The Morgan fingerprint density at radius 2 is 1.89 bits per heavy atom. The van der Waals surface area contributed by atoms with E-state index in [1.54, 1.807) is 18.9 Å². The van der Waals surface area contributed by atoms with Crippen molar-refractivity contribution in [1.82, 2.24) is 10.2 Å². The number of esters is 1. The highest BCUT2D eigenvalue weighted by Gasteiger charge is 2.29. The van der Waals surface area contributed by atoms with Crippen LogP contribution >= 0.6 is 11.3 Å². The summed E-state index contributed by atoms with van der Waals surface area (Å²) in [6.07, 6.45) is 4.85. The van der Waals surface area contributed by atoms with Crippen molar-refractivity contribution in [3.63, 3.8) is 0 Å². The predicted molar refractivity (Wildman–Crippen MR) is 109 cm³/mol. The quantitative estimate of drug-likeness (QED) is 0.645. The van der Waals surface area contributed by atoms with E-state index in [1.807, 2.05) is 0 Å². The van der Waals surface area contributed by atoms with Crippen molar-refractivity contribution in [3.8, 4) is 0 Å². The molecular formula is C20H29N3O4S. The maximum absolute atomic E-state index is 12.5. The summed E-state index contributed by atoms with van der Waals surface area (Å²) in [6, 6.07) is 0.307. The van der Waals surface area contributed by atoms with E-state index < -0.39 is 0 Å². The molecular weight excluding hydrogens is 378 g/mol. The number of nitrogens with zero attached hydrogens (tertiary/aromatic N) is 1. The number of likely N-dealkylation sites (N-methyl/N-ethyl adjacent to an activating group) is 1.